The molecule has 0 bridgehead atoms. The van der Waals surface area contributed by atoms with Crippen LogP contribution in [0.1, 0.15) is 62.6 Å². The molecule has 8 nitrogen and oxygen atoms in total. The van der Waals surface area contributed by atoms with E-state index in [-0.39, 0.29) is 5.91 Å². The Bertz CT molecular complexity index is 1640. The number of hydrogen-bond donors (Lipinski definition) is 2. The fraction of sp³-hybridized carbons (Fsp3) is 0.286. The number of anilines is 1. The van der Waals surface area contributed by atoms with Gasteiger partial charge in [0.15, 0.2) is 0 Å². The second-order valence-corrected chi connectivity index (χ2v) is 9.88. The number of nitrogen functional groups attached to an aromatic ring is 1. The third-order valence-electron chi connectivity index (χ3n) is 7.27. The van der Waals surface area contributed by atoms with Gasteiger partial charge in [0.25, 0.3) is 5.91 Å². The summed E-state index contributed by atoms with van der Waals surface area (Å²) in [4.78, 5) is 21.8. The maximum atomic E-state index is 12.9. The average Bonchev–Trinajstić information content (AvgIpc) is 3.46. The van der Waals surface area contributed by atoms with E-state index in [4.69, 9.17) is 10.7 Å². The summed E-state index contributed by atoms with van der Waals surface area (Å²) < 4.78 is 3.86. The molecule has 0 atom stereocenters. The van der Waals surface area contributed by atoms with Crippen LogP contribution in [-0.4, -0.2) is 30.1 Å². The average molecular weight is 480 g/mol. The molecule has 0 saturated heterocycles. The molecule has 36 heavy (non-hydrogen) atoms. The van der Waals surface area contributed by atoms with Crippen molar-refractivity contribution in [1.82, 2.24) is 29.5 Å². The summed E-state index contributed by atoms with van der Waals surface area (Å²) in [5.74, 6) is 1.06. The van der Waals surface area contributed by atoms with Crippen molar-refractivity contribution in [1.29, 1.82) is 0 Å². The zero-order valence-corrected chi connectivity index (χ0v) is 20.7. The molecule has 3 N–H and O–H groups in total. The second kappa shape index (κ2) is 8.48. The number of nitrogens with zero attached hydrogens (tertiary/aromatic N) is 5. The van der Waals surface area contributed by atoms with E-state index in [2.05, 4.69) is 52.1 Å². The highest BCUT2D eigenvalue weighted by atomic mass is 16.1. The van der Waals surface area contributed by atoms with Gasteiger partial charge in [0.1, 0.15) is 11.5 Å². The number of nitrogens with one attached hydrogen (secondary N) is 1. The summed E-state index contributed by atoms with van der Waals surface area (Å²) in [6.45, 7) is 7.18. The molecule has 4 heterocycles. The number of aromatic nitrogens is 5. The number of fused-ring (bicyclic) bond motifs is 2. The molecule has 5 aromatic rings. The number of nitrogens with two attached hydrogens (primary N) is 1. The molecule has 182 valence electrons. The van der Waals surface area contributed by atoms with E-state index in [1.807, 2.05) is 19.1 Å². The lowest BCUT2D eigenvalue weighted by molar-refractivity contribution is 0.0950. The minimum Gasteiger partial charge on any atom is -0.383 e. The largest absolute Gasteiger partial charge is 0.383 e. The molecule has 1 fully saturated rings. The van der Waals surface area contributed by atoms with Crippen molar-refractivity contribution >= 4 is 28.1 Å². The molecule has 1 aliphatic rings. The molecule has 1 aliphatic carbocycles. The van der Waals surface area contributed by atoms with E-state index in [0.29, 0.717) is 30.4 Å². The molecular weight excluding hydrogens is 450 g/mol. The summed E-state index contributed by atoms with van der Waals surface area (Å²) in [6.07, 6.45) is 11.9. The Morgan fingerprint density at radius 3 is 2.75 bits per heavy atom. The summed E-state index contributed by atoms with van der Waals surface area (Å²) in [5.41, 5.74) is 14.4. The maximum Gasteiger partial charge on any atom is 0.254 e. The van der Waals surface area contributed by atoms with E-state index in [1.54, 1.807) is 23.3 Å². The van der Waals surface area contributed by atoms with Crippen LogP contribution in [0.2, 0.25) is 0 Å². The molecule has 1 saturated carbocycles. The Labute approximate surface area is 209 Å². The van der Waals surface area contributed by atoms with Crippen LogP contribution in [0.4, 0.5) is 5.82 Å². The lowest BCUT2D eigenvalue weighted by Gasteiger charge is -2.14. The Kier molecular flexibility index (Phi) is 5.25. The van der Waals surface area contributed by atoms with Gasteiger partial charge in [-0.3, -0.25) is 9.48 Å². The van der Waals surface area contributed by atoms with Gasteiger partial charge in [-0.2, -0.15) is 5.10 Å². The van der Waals surface area contributed by atoms with Gasteiger partial charge >= 0.3 is 0 Å². The predicted molar refractivity (Wildman–Crippen MR) is 140 cm³/mol. The summed E-state index contributed by atoms with van der Waals surface area (Å²) in [7, 11) is 0. The van der Waals surface area contributed by atoms with Gasteiger partial charge in [0, 0.05) is 36.7 Å². The van der Waals surface area contributed by atoms with Crippen LogP contribution in [0.25, 0.3) is 16.4 Å². The highest BCUT2D eigenvalue weighted by Gasteiger charge is 2.25. The predicted octanol–water partition coefficient (Wildman–Crippen LogP) is 4.44. The molecule has 1 amide bonds. The number of hydrogen-bond acceptors (Lipinski definition) is 5. The highest BCUT2D eigenvalue weighted by molar-refractivity contribution is 5.95. The summed E-state index contributed by atoms with van der Waals surface area (Å²) in [6, 6.07) is 6.15. The van der Waals surface area contributed by atoms with Crippen molar-refractivity contribution in [2.75, 3.05) is 5.73 Å². The smallest absolute Gasteiger partial charge is 0.254 e. The Hall–Kier alpha value is -4.20. The molecule has 0 spiro atoms. The molecule has 1 aromatic carbocycles. The molecule has 0 unspecified atom stereocenters. The SMILES string of the molecule is Cc1cc2nc(Cn3cc(C(=O)NCc4c(C)cc5c(N)nccc5c4C)cn3)cn2cc1C1CC1. The number of rotatable bonds is 6. The zero-order valence-electron chi connectivity index (χ0n) is 20.7. The van der Waals surface area contributed by atoms with Crippen LogP contribution >= 0.6 is 0 Å². The fourth-order valence-corrected chi connectivity index (χ4v) is 5.10. The van der Waals surface area contributed by atoms with E-state index in [0.717, 1.165) is 38.8 Å². The fourth-order valence-electron chi connectivity index (χ4n) is 5.10. The van der Waals surface area contributed by atoms with Gasteiger partial charge in [-0.15, -0.1) is 0 Å². The van der Waals surface area contributed by atoms with E-state index >= 15 is 0 Å². The number of pyridine rings is 2. The summed E-state index contributed by atoms with van der Waals surface area (Å²) >= 11 is 0. The van der Waals surface area contributed by atoms with Crippen LogP contribution < -0.4 is 11.1 Å². The molecular formula is C28H29N7O. The number of carbonyl (C=O) groups excluding carboxylic acids is 1. The van der Waals surface area contributed by atoms with Crippen molar-refractivity contribution in [3.05, 3.63) is 88.3 Å². The molecule has 6 rings (SSSR count). The van der Waals surface area contributed by atoms with Crippen molar-refractivity contribution in [3.63, 3.8) is 0 Å². The van der Waals surface area contributed by atoms with Gasteiger partial charge < -0.3 is 15.5 Å². The number of imidazole rings is 1. The first kappa shape index (κ1) is 22.3. The Morgan fingerprint density at radius 2 is 1.94 bits per heavy atom. The van der Waals surface area contributed by atoms with Crippen LogP contribution in [0.5, 0.6) is 0 Å². The third kappa shape index (κ3) is 3.98. The van der Waals surface area contributed by atoms with Gasteiger partial charge in [-0.25, -0.2) is 9.97 Å². The minimum atomic E-state index is -0.158. The van der Waals surface area contributed by atoms with Crippen LogP contribution in [0.3, 0.4) is 0 Å². The monoisotopic (exact) mass is 479 g/mol. The Balaban J connectivity index is 1.16. The standard InChI is InChI=1S/C28H29N7O/c1-16-8-23-22(6-7-30-27(23)29)18(3)24(16)11-31-28(36)20-10-32-35(12-20)14-21-13-34-15-25(19-4-5-19)17(2)9-26(34)33-21/h6-10,12-13,15,19H,4-5,11,14H2,1-3H3,(H2,29,30)(H,31,36). The van der Waals surface area contributed by atoms with Crippen LogP contribution in [-0.2, 0) is 13.1 Å². The quantitative estimate of drug-likeness (QED) is 0.375. The first-order chi connectivity index (χ1) is 17.4. The van der Waals surface area contributed by atoms with E-state index in [9.17, 15) is 4.79 Å². The van der Waals surface area contributed by atoms with E-state index < -0.39 is 0 Å². The van der Waals surface area contributed by atoms with Crippen LogP contribution in [0, 0.1) is 20.8 Å². The van der Waals surface area contributed by atoms with Gasteiger partial charge in [-0.05, 0) is 90.9 Å². The number of aryl methyl sites for hydroxylation is 3. The minimum absolute atomic E-state index is 0.158. The topological polar surface area (TPSA) is 103 Å². The second-order valence-electron chi connectivity index (χ2n) is 9.88. The third-order valence-corrected chi connectivity index (χ3v) is 7.27. The van der Waals surface area contributed by atoms with Gasteiger partial charge in [-0.1, -0.05) is 0 Å². The van der Waals surface area contributed by atoms with Gasteiger partial charge in [0.2, 0.25) is 0 Å². The van der Waals surface area contributed by atoms with Crippen molar-refractivity contribution < 1.29 is 4.79 Å². The molecule has 0 radical (unpaired) electrons. The zero-order chi connectivity index (χ0) is 25.0. The lowest BCUT2D eigenvalue weighted by atomic mass is 9.96. The van der Waals surface area contributed by atoms with Crippen LogP contribution in [0.15, 0.2) is 49.2 Å². The van der Waals surface area contributed by atoms with E-state index in [1.165, 1.54) is 24.0 Å². The highest BCUT2D eigenvalue weighted by Crippen LogP contribution is 2.41. The maximum absolute atomic E-state index is 12.9. The van der Waals surface area contributed by atoms with Crippen molar-refractivity contribution in [2.24, 2.45) is 0 Å². The molecule has 4 aromatic heterocycles. The number of amides is 1. The number of carbonyl (C=O) groups is 1. The Morgan fingerprint density at radius 1 is 1.11 bits per heavy atom. The molecule has 0 aliphatic heterocycles. The summed E-state index contributed by atoms with van der Waals surface area (Å²) in [5, 5.41) is 9.44. The first-order valence-corrected chi connectivity index (χ1v) is 12.3. The number of benzene rings is 1. The van der Waals surface area contributed by atoms with Gasteiger partial charge in [0.05, 0.1) is 24.0 Å². The first-order valence-electron chi connectivity index (χ1n) is 12.3. The van der Waals surface area contributed by atoms with Crippen molar-refractivity contribution in [2.45, 2.75) is 52.6 Å². The lowest BCUT2D eigenvalue weighted by Crippen LogP contribution is -2.23. The molecule has 8 heteroatoms. The van der Waals surface area contributed by atoms with Crippen molar-refractivity contribution in [3.8, 4) is 0 Å². The normalized spacial score (nSPS) is 13.5.